The van der Waals surface area contributed by atoms with Crippen LogP contribution >= 0.6 is 11.6 Å². The lowest BCUT2D eigenvalue weighted by Gasteiger charge is -2.14. The fourth-order valence-corrected chi connectivity index (χ4v) is 2.82. The Balaban J connectivity index is 1.69. The fraction of sp³-hybridized carbons (Fsp3) is 0.400. The van der Waals surface area contributed by atoms with E-state index in [-0.39, 0.29) is 18.7 Å². The molecule has 1 aromatic heterocycles. The van der Waals surface area contributed by atoms with Gasteiger partial charge in [-0.05, 0) is 55.9 Å². The van der Waals surface area contributed by atoms with E-state index >= 15 is 0 Å². The van der Waals surface area contributed by atoms with Crippen LogP contribution in [0.1, 0.15) is 43.5 Å². The normalized spacial score (nSPS) is 11.8. The van der Waals surface area contributed by atoms with Gasteiger partial charge in [-0.3, -0.25) is 0 Å². The molecule has 1 aromatic carbocycles. The number of hydrogen-bond acceptors (Lipinski definition) is 3. The number of aromatic nitrogens is 1. The molecule has 0 aliphatic carbocycles. The average molecular weight is 361 g/mol. The lowest BCUT2D eigenvalue weighted by Crippen LogP contribution is -2.33. The molecule has 0 fully saturated rings. The molecule has 4 nitrogen and oxygen atoms in total. The van der Waals surface area contributed by atoms with Crippen LogP contribution in [0.15, 0.2) is 42.5 Å². The summed E-state index contributed by atoms with van der Waals surface area (Å²) in [5.41, 5.74) is 3.18. The van der Waals surface area contributed by atoms with Crippen molar-refractivity contribution in [2.24, 2.45) is 0 Å². The number of nitrogens with zero attached hydrogens (tertiary/aromatic N) is 1. The Labute approximate surface area is 154 Å². The van der Waals surface area contributed by atoms with Crippen LogP contribution < -0.4 is 5.32 Å². The molecular weight excluding hydrogens is 336 g/mol. The van der Waals surface area contributed by atoms with Crippen LogP contribution in [0, 0.1) is 0 Å². The second-order valence-electron chi connectivity index (χ2n) is 6.14. The first-order valence-electron chi connectivity index (χ1n) is 8.69. The van der Waals surface area contributed by atoms with E-state index in [1.165, 1.54) is 5.56 Å². The molecule has 1 atom stereocenters. The van der Waals surface area contributed by atoms with E-state index in [0.29, 0.717) is 5.15 Å². The minimum atomic E-state index is -0.384. The van der Waals surface area contributed by atoms with Gasteiger partial charge in [0.2, 0.25) is 0 Å². The Bertz CT molecular complexity index is 677. The Hall–Kier alpha value is -2.07. The molecule has 0 aliphatic heterocycles. The van der Waals surface area contributed by atoms with E-state index < -0.39 is 0 Å². The van der Waals surface area contributed by atoms with Crippen molar-refractivity contribution in [3.63, 3.8) is 0 Å². The molecule has 1 N–H and O–H groups in total. The summed E-state index contributed by atoms with van der Waals surface area (Å²) >= 11 is 6.04. The zero-order chi connectivity index (χ0) is 18.1. The largest absolute Gasteiger partial charge is 0.445 e. The van der Waals surface area contributed by atoms with Gasteiger partial charge >= 0.3 is 6.09 Å². The Morgan fingerprint density at radius 2 is 2.00 bits per heavy atom. The van der Waals surface area contributed by atoms with Crippen molar-refractivity contribution in [2.45, 2.75) is 52.2 Å². The first-order valence-corrected chi connectivity index (χ1v) is 9.07. The molecule has 0 saturated carbocycles. The minimum absolute atomic E-state index is 0.0492. The van der Waals surface area contributed by atoms with Crippen molar-refractivity contribution in [2.75, 3.05) is 0 Å². The number of alkyl carbamates (subject to hydrolysis) is 1. The van der Waals surface area contributed by atoms with Crippen LogP contribution in [0.3, 0.4) is 0 Å². The highest BCUT2D eigenvalue weighted by molar-refractivity contribution is 6.29. The number of carbonyl (C=O) groups is 1. The second kappa shape index (κ2) is 10.0. The number of nitrogens with one attached hydrogen (secondary N) is 1. The van der Waals surface area contributed by atoms with E-state index in [0.717, 1.165) is 36.9 Å². The summed E-state index contributed by atoms with van der Waals surface area (Å²) in [5.74, 6) is 0. The van der Waals surface area contributed by atoms with Gasteiger partial charge in [-0.2, -0.15) is 0 Å². The summed E-state index contributed by atoms with van der Waals surface area (Å²) in [6.45, 7) is 4.36. The molecule has 1 amide bonds. The van der Waals surface area contributed by atoms with Crippen molar-refractivity contribution >= 4 is 17.7 Å². The van der Waals surface area contributed by atoms with E-state index in [9.17, 15) is 4.79 Å². The van der Waals surface area contributed by atoms with Crippen LogP contribution in [0.25, 0.3) is 0 Å². The number of halogens is 1. The number of rotatable bonds is 8. The maximum absolute atomic E-state index is 11.8. The van der Waals surface area contributed by atoms with Gasteiger partial charge in [-0.25, -0.2) is 9.78 Å². The van der Waals surface area contributed by atoms with Crippen molar-refractivity contribution in [3.05, 3.63) is 64.4 Å². The molecule has 1 heterocycles. The monoisotopic (exact) mass is 360 g/mol. The van der Waals surface area contributed by atoms with E-state index in [1.54, 1.807) is 0 Å². The lowest BCUT2D eigenvalue weighted by molar-refractivity contribution is 0.136. The standard InChI is InChI=1S/C20H25ClN2O2/c1-3-16-12-18(23-19(21)13-16)11-7-8-15(2)22-20(24)25-14-17-9-5-4-6-10-17/h4-6,9-10,12-13,15H,3,7-8,11,14H2,1-2H3,(H,22,24). The van der Waals surface area contributed by atoms with E-state index in [2.05, 4.69) is 23.3 Å². The summed E-state index contributed by atoms with van der Waals surface area (Å²) in [4.78, 5) is 16.2. The molecule has 0 spiro atoms. The van der Waals surface area contributed by atoms with Crippen LogP contribution in [0.5, 0.6) is 0 Å². The summed E-state index contributed by atoms with van der Waals surface area (Å²) in [6, 6.07) is 13.7. The molecule has 0 aliphatic rings. The predicted octanol–water partition coefficient (Wildman–Crippen LogP) is 4.94. The molecular formula is C20H25ClN2O2. The van der Waals surface area contributed by atoms with Crippen molar-refractivity contribution in [3.8, 4) is 0 Å². The van der Waals surface area contributed by atoms with Gasteiger partial charge in [0.05, 0.1) is 0 Å². The van der Waals surface area contributed by atoms with Crippen molar-refractivity contribution < 1.29 is 9.53 Å². The first-order chi connectivity index (χ1) is 12.1. The Morgan fingerprint density at radius 1 is 1.24 bits per heavy atom. The molecule has 1 unspecified atom stereocenters. The summed E-state index contributed by atoms with van der Waals surface area (Å²) in [7, 11) is 0. The number of aryl methyl sites for hydroxylation is 2. The Kier molecular flexibility index (Phi) is 7.74. The zero-order valence-corrected chi connectivity index (χ0v) is 15.6. The molecule has 134 valence electrons. The quantitative estimate of drug-likeness (QED) is 0.678. The zero-order valence-electron chi connectivity index (χ0n) is 14.8. The van der Waals surface area contributed by atoms with Crippen molar-refractivity contribution in [1.29, 1.82) is 0 Å². The molecule has 25 heavy (non-hydrogen) atoms. The maximum atomic E-state index is 11.8. The first kappa shape index (κ1) is 19.3. The maximum Gasteiger partial charge on any atom is 0.407 e. The lowest BCUT2D eigenvalue weighted by atomic mass is 10.1. The van der Waals surface area contributed by atoms with Gasteiger partial charge in [0.25, 0.3) is 0 Å². The van der Waals surface area contributed by atoms with Crippen molar-refractivity contribution in [1.82, 2.24) is 10.3 Å². The van der Waals surface area contributed by atoms with Crippen LogP contribution in [0.2, 0.25) is 5.15 Å². The van der Waals surface area contributed by atoms with Gasteiger partial charge in [-0.1, -0.05) is 48.9 Å². The van der Waals surface area contributed by atoms with E-state index in [4.69, 9.17) is 16.3 Å². The third-order valence-electron chi connectivity index (χ3n) is 3.96. The molecule has 0 bridgehead atoms. The number of pyridine rings is 1. The smallest absolute Gasteiger partial charge is 0.407 e. The van der Waals surface area contributed by atoms with Gasteiger partial charge in [0.1, 0.15) is 11.8 Å². The summed E-state index contributed by atoms with van der Waals surface area (Å²) in [6.07, 6.45) is 3.19. The molecule has 2 rings (SSSR count). The molecule has 0 radical (unpaired) electrons. The highest BCUT2D eigenvalue weighted by Gasteiger charge is 2.09. The second-order valence-corrected chi connectivity index (χ2v) is 6.53. The fourth-order valence-electron chi connectivity index (χ4n) is 2.57. The highest BCUT2D eigenvalue weighted by atomic mass is 35.5. The van der Waals surface area contributed by atoms with Gasteiger partial charge in [-0.15, -0.1) is 0 Å². The van der Waals surface area contributed by atoms with Crippen LogP contribution in [-0.4, -0.2) is 17.1 Å². The predicted molar refractivity (Wildman–Crippen MR) is 101 cm³/mol. The number of hydrogen-bond donors (Lipinski definition) is 1. The highest BCUT2D eigenvalue weighted by Crippen LogP contribution is 2.14. The summed E-state index contributed by atoms with van der Waals surface area (Å²) < 4.78 is 5.23. The SMILES string of the molecule is CCc1cc(Cl)nc(CCCC(C)NC(=O)OCc2ccccc2)c1. The number of amides is 1. The van der Waals surface area contributed by atoms with Gasteiger partial charge in [0, 0.05) is 11.7 Å². The Morgan fingerprint density at radius 3 is 2.72 bits per heavy atom. The minimum Gasteiger partial charge on any atom is -0.445 e. The average Bonchev–Trinajstić information content (AvgIpc) is 2.60. The third-order valence-corrected chi connectivity index (χ3v) is 4.16. The number of carbonyl (C=O) groups excluding carboxylic acids is 1. The number of benzene rings is 1. The number of ether oxygens (including phenoxy) is 1. The van der Waals surface area contributed by atoms with Crippen LogP contribution in [-0.2, 0) is 24.2 Å². The molecule has 0 saturated heterocycles. The third kappa shape index (κ3) is 7.14. The molecule has 5 heteroatoms. The van der Waals surface area contributed by atoms with Gasteiger partial charge in [0.15, 0.2) is 0 Å². The van der Waals surface area contributed by atoms with E-state index in [1.807, 2.05) is 43.3 Å². The topological polar surface area (TPSA) is 51.2 Å². The molecule has 2 aromatic rings. The summed E-state index contributed by atoms with van der Waals surface area (Å²) in [5, 5.41) is 3.41. The van der Waals surface area contributed by atoms with Gasteiger partial charge < -0.3 is 10.1 Å². The van der Waals surface area contributed by atoms with Crippen LogP contribution in [0.4, 0.5) is 4.79 Å².